The van der Waals surface area contributed by atoms with Crippen molar-refractivity contribution in [1.82, 2.24) is 9.78 Å². The highest BCUT2D eigenvalue weighted by atomic mass is 19.4. The standard InChI is InChI=1S/C8H10F3N3/c9-8(10,11)7-1-2-13-14(7)6-3-5(12)4-6/h1-2,5-6H,3-4,12H2. The summed E-state index contributed by atoms with van der Waals surface area (Å²) in [6, 6.07) is 0.825. The average molecular weight is 205 g/mol. The van der Waals surface area contributed by atoms with Gasteiger partial charge in [-0.3, -0.25) is 4.68 Å². The fourth-order valence-corrected chi connectivity index (χ4v) is 1.66. The number of nitrogens with two attached hydrogens (primary N) is 1. The Hall–Kier alpha value is -1.04. The van der Waals surface area contributed by atoms with Crippen molar-refractivity contribution in [2.45, 2.75) is 31.1 Å². The van der Waals surface area contributed by atoms with E-state index in [2.05, 4.69) is 5.10 Å². The quantitative estimate of drug-likeness (QED) is 0.756. The molecule has 2 rings (SSSR count). The normalized spacial score (nSPS) is 27.4. The van der Waals surface area contributed by atoms with E-state index in [1.807, 2.05) is 0 Å². The predicted octanol–water partition coefficient (Wildman–Crippen LogP) is 1.56. The van der Waals surface area contributed by atoms with Crippen molar-refractivity contribution < 1.29 is 13.2 Å². The zero-order valence-electron chi connectivity index (χ0n) is 7.33. The Morgan fingerprint density at radius 2 is 2.07 bits per heavy atom. The summed E-state index contributed by atoms with van der Waals surface area (Å²) in [6.45, 7) is 0. The molecule has 2 N–H and O–H groups in total. The van der Waals surface area contributed by atoms with Crippen LogP contribution in [-0.2, 0) is 6.18 Å². The molecule has 0 atom stereocenters. The summed E-state index contributed by atoms with van der Waals surface area (Å²) in [5.74, 6) is 0. The Bertz CT molecular complexity index is 325. The summed E-state index contributed by atoms with van der Waals surface area (Å²) in [6.07, 6.45) is -2.00. The predicted molar refractivity (Wildman–Crippen MR) is 43.5 cm³/mol. The highest BCUT2D eigenvalue weighted by Gasteiger charge is 2.39. The molecule has 0 amide bonds. The van der Waals surface area contributed by atoms with E-state index >= 15 is 0 Å². The van der Waals surface area contributed by atoms with E-state index in [1.165, 1.54) is 6.20 Å². The number of hydrogen-bond donors (Lipinski definition) is 1. The monoisotopic (exact) mass is 205 g/mol. The van der Waals surface area contributed by atoms with Gasteiger partial charge in [-0.15, -0.1) is 0 Å². The summed E-state index contributed by atoms with van der Waals surface area (Å²) in [5, 5.41) is 3.68. The summed E-state index contributed by atoms with van der Waals surface area (Å²) in [4.78, 5) is 0. The van der Waals surface area contributed by atoms with Crippen molar-refractivity contribution in [3.8, 4) is 0 Å². The Balaban J connectivity index is 2.22. The summed E-state index contributed by atoms with van der Waals surface area (Å²) in [7, 11) is 0. The van der Waals surface area contributed by atoms with Crippen LogP contribution >= 0.6 is 0 Å². The van der Waals surface area contributed by atoms with Crippen LogP contribution in [0.25, 0.3) is 0 Å². The van der Waals surface area contributed by atoms with Crippen molar-refractivity contribution >= 4 is 0 Å². The van der Waals surface area contributed by atoms with Crippen molar-refractivity contribution in [2.75, 3.05) is 0 Å². The molecule has 0 spiro atoms. The lowest BCUT2D eigenvalue weighted by molar-refractivity contribution is -0.145. The molecule has 0 bridgehead atoms. The van der Waals surface area contributed by atoms with Crippen molar-refractivity contribution in [1.29, 1.82) is 0 Å². The molecule has 1 aromatic heterocycles. The third kappa shape index (κ3) is 1.50. The number of halogens is 3. The molecule has 1 fully saturated rings. The SMILES string of the molecule is NC1CC(n2nccc2C(F)(F)F)C1. The average Bonchev–Trinajstić information content (AvgIpc) is 2.44. The van der Waals surface area contributed by atoms with Crippen LogP contribution in [-0.4, -0.2) is 15.8 Å². The second-order valence-electron chi connectivity index (χ2n) is 3.54. The van der Waals surface area contributed by atoms with Gasteiger partial charge in [0.05, 0.1) is 6.04 Å². The molecule has 14 heavy (non-hydrogen) atoms. The molecule has 1 aliphatic carbocycles. The van der Waals surface area contributed by atoms with Crippen LogP contribution in [0.3, 0.4) is 0 Å². The van der Waals surface area contributed by atoms with E-state index in [0.717, 1.165) is 10.7 Å². The lowest BCUT2D eigenvalue weighted by atomic mass is 9.87. The van der Waals surface area contributed by atoms with Crippen molar-refractivity contribution in [2.24, 2.45) is 5.73 Å². The van der Waals surface area contributed by atoms with Gasteiger partial charge < -0.3 is 5.73 Å². The lowest BCUT2D eigenvalue weighted by Crippen LogP contribution is -2.39. The highest BCUT2D eigenvalue weighted by molar-refractivity contribution is 5.08. The van der Waals surface area contributed by atoms with Crippen LogP contribution in [0.4, 0.5) is 13.2 Å². The van der Waals surface area contributed by atoms with Crippen molar-refractivity contribution in [3.63, 3.8) is 0 Å². The molecule has 0 radical (unpaired) electrons. The van der Waals surface area contributed by atoms with Gasteiger partial charge in [0.25, 0.3) is 0 Å². The van der Waals surface area contributed by atoms with Crippen LogP contribution in [0, 0.1) is 0 Å². The number of rotatable bonds is 1. The van der Waals surface area contributed by atoms with E-state index in [9.17, 15) is 13.2 Å². The van der Waals surface area contributed by atoms with Crippen LogP contribution < -0.4 is 5.73 Å². The van der Waals surface area contributed by atoms with Gasteiger partial charge >= 0.3 is 6.18 Å². The zero-order chi connectivity index (χ0) is 10.3. The smallest absolute Gasteiger partial charge is 0.328 e. The number of aromatic nitrogens is 2. The van der Waals surface area contributed by atoms with Crippen LogP contribution in [0.5, 0.6) is 0 Å². The van der Waals surface area contributed by atoms with Crippen molar-refractivity contribution in [3.05, 3.63) is 18.0 Å². The Morgan fingerprint density at radius 1 is 1.43 bits per heavy atom. The summed E-state index contributed by atoms with van der Waals surface area (Å²) in [5.41, 5.74) is 4.83. The van der Waals surface area contributed by atoms with Gasteiger partial charge in [0.2, 0.25) is 0 Å². The molecule has 1 heterocycles. The first-order chi connectivity index (χ1) is 6.48. The fraction of sp³-hybridized carbons (Fsp3) is 0.625. The third-order valence-corrected chi connectivity index (χ3v) is 2.46. The first kappa shape index (κ1) is 9.51. The van der Waals surface area contributed by atoms with Crippen LogP contribution in [0.1, 0.15) is 24.6 Å². The molecule has 1 aromatic rings. The van der Waals surface area contributed by atoms with Crippen LogP contribution in [0.15, 0.2) is 12.3 Å². The minimum atomic E-state index is -4.32. The minimum Gasteiger partial charge on any atom is -0.328 e. The summed E-state index contributed by atoms with van der Waals surface area (Å²) >= 11 is 0. The van der Waals surface area contributed by atoms with Gasteiger partial charge in [0, 0.05) is 12.2 Å². The number of nitrogens with zero attached hydrogens (tertiary/aromatic N) is 2. The zero-order valence-corrected chi connectivity index (χ0v) is 7.33. The second kappa shape index (κ2) is 2.98. The molecule has 6 heteroatoms. The molecule has 0 unspecified atom stereocenters. The van der Waals surface area contributed by atoms with Gasteiger partial charge in [0.1, 0.15) is 5.69 Å². The van der Waals surface area contributed by atoms with E-state index in [0.29, 0.717) is 12.8 Å². The Kier molecular flexibility index (Phi) is 2.02. The number of hydrogen-bond acceptors (Lipinski definition) is 2. The minimum absolute atomic E-state index is 0.0188. The highest BCUT2D eigenvalue weighted by Crippen LogP contribution is 2.36. The first-order valence-corrected chi connectivity index (χ1v) is 4.35. The molecule has 78 valence electrons. The largest absolute Gasteiger partial charge is 0.433 e. The fourth-order valence-electron chi connectivity index (χ4n) is 1.66. The molecule has 1 saturated carbocycles. The molecule has 3 nitrogen and oxygen atoms in total. The second-order valence-corrected chi connectivity index (χ2v) is 3.54. The summed E-state index contributed by atoms with van der Waals surface area (Å²) < 4.78 is 38.3. The van der Waals surface area contributed by atoms with E-state index in [1.54, 1.807) is 0 Å². The topological polar surface area (TPSA) is 43.8 Å². The van der Waals surface area contributed by atoms with E-state index < -0.39 is 11.9 Å². The van der Waals surface area contributed by atoms with E-state index in [-0.39, 0.29) is 12.1 Å². The van der Waals surface area contributed by atoms with Gasteiger partial charge in [-0.1, -0.05) is 0 Å². The lowest BCUT2D eigenvalue weighted by Gasteiger charge is -2.33. The first-order valence-electron chi connectivity index (χ1n) is 4.35. The van der Waals surface area contributed by atoms with Gasteiger partial charge in [0.15, 0.2) is 0 Å². The molecular formula is C8H10F3N3. The molecular weight excluding hydrogens is 195 g/mol. The maximum absolute atomic E-state index is 12.4. The van der Waals surface area contributed by atoms with Gasteiger partial charge in [-0.2, -0.15) is 18.3 Å². The number of alkyl halides is 3. The van der Waals surface area contributed by atoms with Crippen LogP contribution in [0.2, 0.25) is 0 Å². The molecule has 0 aliphatic heterocycles. The molecule has 1 aliphatic rings. The molecule has 0 saturated heterocycles. The van der Waals surface area contributed by atoms with E-state index in [4.69, 9.17) is 5.73 Å². The Morgan fingerprint density at radius 3 is 2.57 bits per heavy atom. The maximum atomic E-state index is 12.4. The van der Waals surface area contributed by atoms with Gasteiger partial charge in [-0.05, 0) is 18.9 Å². The Labute approximate surface area is 78.7 Å². The van der Waals surface area contributed by atoms with Gasteiger partial charge in [-0.25, -0.2) is 0 Å². The third-order valence-electron chi connectivity index (χ3n) is 2.46. The molecule has 0 aromatic carbocycles. The maximum Gasteiger partial charge on any atom is 0.433 e.